The first-order chi connectivity index (χ1) is 9.61. The summed E-state index contributed by atoms with van der Waals surface area (Å²) < 4.78 is 5.66. The highest BCUT2D eigenvalue weighted by Crippen LogP contribution is 2.30. The van der Waals surface area contributed by atoms with E-state index < -0.39 is 5.97 Å². The number of ether oxygens (including phenoxy) is 1. The van der Waals surface area contributed by atoms with Gasteiger partial charge in [-0.05, 0) is 30.2 Å². The molecule has 104 valence electrons. The Morgan fingerprint density at radius 2 is 1.90 bits per heavy atom. The zero-order valence-electron chi connectivity index (χ0n) is 10.7. The van der Waals surface area contributed by atoms with Gasteiger partial charge in [0.05, 0.1) is 0 Å². The number of para-hydroxylation sites is 1. The maximum atomic E-state index is 11.2. The van der Waals surface area contributed by atoms with Gasteiger partial charge in [-0.15, -0.1) is 0 Å². The van der Waals surface area contributed by atoms with Gasteiger partial charge in [-0.3, -0.25) is 0 Å². The third-order valence-corrected chi connectivity index (χ3v) is 2.81. The number of hydrogen-bond acceptors (Lipinski definition) is 4. The number of carboxylic acid groups (broad SMARTS) is 1. The Kier molecular flexibility index (Phi) is 4.22. The van der Waals surface area contributed by atoms with Crippen LogP contribution in [0.1, 0.15) is 15.9 Å². The van der Waals surface area contributed by atoms with Crippen LogP contribution in [-0.4, -0.2) is 22.8 Å². The number of aliphatic hydroxyl groups excluding tert-OH is 1. The van der Waals surface area contributed by atoms with Crippen LogP contribution in [0.4, 0.5) is 5.69 Å². The molecule has 0 amide bonds. The molecule has 0 bridgehead atoms. The van der Waals surface area contributed by atoms with E-state index in [1.165, 1.54) is 18.2 Å². The lowest BCUT2D eigenvalue weighted by atomic mass is 10.1. The number of aromatic carboxylic acids is 1. The van der Waals surface area contributed by atoms with Crippen molar-refractivity contribution in [3.63, 3.8) is 0 Å². The number of carbonyl (C=O) groups is 1. The maximum absolute atomic E-state index is 11.2. The first-order valence-corrected chi connectivity index (χ1v) is 6.11. The van der Waals surface area contributed by atoms with Gasteiger partial charge in [-0.2, -0.15) is 0 Å². The molecule has 2 aromatic carbocycles. The lowest BCUT2D eigenvalue weighted by molar-refractivity contribution is 0.0694. The minimum atomic E-state index is -1.08. The molecule has 4 N–H and O–H groups in total. The van der Waals surface area contributed by atoms with E-state index in [0.29, 0.717) is 17.9 Å². The van der Waals surface area contributed by atoms with Gasteiger partial charge in [0, 0.05) is 18.4 Å². The standard InChI is InChI=1S/C15H15NO4/c16-11-5-6-12(15(18)19)14(9-11)20-13-4-2-1-3-10(13)7-8-17/h1-6,9,17H,7-8,16H2,(H,18,19). The summed E-state index contributed by atoms with van der Waals surface area (Å²) in [5, 5.41) is 18.2. The molecule has 0 saturated heterocycles. The second-order valence-electron chi connectivity index (χ2n) is 4.24. The SMILES string of the molecule is Nc1ccc(C(=O)O)c(Oc2ccccc2CCO)c1. The number of rotatable bonds is 5. The average molecular weight is 273 g/mol. The van der Waals surface area contributed by atoms with Crippen LogP contribution in [0.5, 0.6) is 11.5 Å². The van der Waals surface area contributed by atoms with Crippen LogP contribution in [0.2, 0.25) is 0 Å². The summed E-state index contributed by atoms with van der Waals surface area (Å²) in [7, 11) is 0. The molecule has 0 spiro atoms. The molecule has 0 heterocycles. The number of nitrogen functional groups attached to an aromatic ring is 1. The van der Waals surface area contributed by atoms with Crippen molar-refractivity contribution < 1.29 is 19.7 Å². The third kappa shape index (κ3) is 3.07. The molecule has 0 fully saturated rings. The lowest BCUT2D eigenvalue weighted by Crippen LogP contribution is -2.02. The average Bonchev–Trinajstić information content (AvgIpc) is 2.41. The molecule has 0 aliphatic carbocycles. The molecule has 2 rings (SSSR count). The van der Waals surface area contributed by atoms with Crippen molar-refractivity contribution in [2.45, 2.75) is 6.42 Å². The van der Waals surface area contributed by atoms with E-state index in [0.717, 1.165) is 5.56 Å². The number of aliphatic hydroxyl groups is 1. The summed E-state index contributed by atoms with van der Waals surface area (Å²) >= 11 is 0. The number of benzene rings is 2. The summed E-state index contributed by atoms with van der Waals surface area (Å²) in [6.07, 6.45) is 0.431. The van der Waals surface area contributed by atoms with E-state index in [9.17, 15) is 4.79 Å². The quantitative estimate of drug-likeness (QED) is 0.727. The van der Waals surface area contributed by atoms with Crippen LogP contribution in [-0.2, 0) is 6.42 Å². The molecule has 0 aromatic heterocycles. The van der Waals surface area contributed by atoms with Crippen LogP contribution in [0, 0.1) is 0 Å². The van der Waals surface area contributed by atoms with Gasteiger partial charge in [0.1, 0.15) is 17.1 Å². The van der Waals surface area contributed by atoms with Crippen LogP contribution < -0.4 is 10.5 Å². The van der Waals surface area contributed by atoms with Gasteiger partial charge in [-0.25, -0.2) is 4.79 Å². The van der Waals surface area contributed by atoms with Gasteiger partial charge >= 0.3 is 5.97 Å². The Morgan fingerprint density at radius 3 is 2.60 bits per heavy atom. The van der Waals surface area contributed by atoms with Crippen molar-refractivity contribution in [1.82, 2.24) is 0 Å². The Hall–Kier alpha value is -2.53. The van der Waals surface area contributed by atoms with Gasteiger partial charge in [0.15, 0.2) is 0 Å². The molecule has 2 aromatic rings. The van der Waals surface area contributed by atoms with Gasteiger partial charge in [-0.1, -0.05) is 18.2 Å². The Bertz CT molecular complexity index is 625. The number of carboxylic acids is 1. The zero-order valence-corrected chi connectivity index (χ0v) is 10.7. The first-order valence-electron chi connectivity index (χ1n) is 6.11. The highest BCUT2D eigenvalue weighted by Gasteiger charge is 2.13. The predicted molar refractivity (Wildman–Crippen MR) is 75.1 cm³/mol. The molecule has 0 aliphatic rings. The van der Waals surface area contributed by atoms with E-state index in [2.05, 4.69) is 0 Å². The molecule has 0 radical (unpaired) electrons. The second-order valence-corrected chi connectivity index (χ2v) is 4.24. The predicted octanol–water partition coefficient (Wildman–Crippen LogP) is 2.29. The summed E-state index contributed by atoms with van der Waals surface area (Å²) in [4.78, 5) is 11.2. The fourth-order valence-electron chi connectivity index (χ4n) is 1.85. The minimum absolute atomic E-state index is 0.0108. The summed E-state index contributed by atoms with van der Waals surface area (Å²) in [6.45, 7) is -0.0108. The fraction of sp³-hybridized carbons (Fsp3) is 0.133. The van der Waals surface area contributed by atoms with E-state index >= 15 is 0 Å². The Morgan fingerprint density at radius 1 is 1.15 bits per heavy atom. The van der Waals surface area contributed by atoms with Gasteiger partial charge in [0.2, 0.25) is 0 Å². The van der Waals surface area contributed by atoms with Gasteiger partial charge in [0.25, 0.3) is 0 Å². The van der Waals surface area contributed by atoms with Crippen LogP contribution >= 0.6 is 0 Å². The van der Waals surface area contributed by atoms with E-state index in [4.69, 9.17) is 20.7 Å². The molecule has 0 unspecified atom stereocenters. The van der Waals surface area contributed by atoms with Crippen molar-refractivity contribution in [1.29, 1.82) is 0 Å². The molecule has 0 atom stereocenters. The number of hydrogen-bond donors (Lipinski definition) is 3. The molecule has 0 saturated carbocycles. The molecule has 5 heteroatoms. The van der Waals surface area contributed by atoms with Crippen LogP contribution in [0.15, 0.2) is 42.5 Å². The second kappa shape index (κ2) is 6.08. The summed E-state index contributed by atoms with van der Waals surface area (Å²) in [5.74, 6) is -0.392. The highest BCUT2D eigenvalue weighted by molar-refractivity contribution is 5.91. The monoisotopic (exact) mass is 273 g/mol. The number of nitrogens with two attached hydrogens (primary N) is 1. The Labute approximate surface area is 116 Å². The van der Waals surface area contributed by atoms with Crippen molar-refractivity contribution in [3.05, 3.63) is 53.6 Å². The summed E-state index contributed by atoms with van der Waals surface area (Å²) in [6, 6.07) is 11.5. The fourth-order valence-corrected chi connectivity index (χ4v) is 1.85. The minimum Gasteiger partial charge on any atom is -0.478 e. The molecule has 20 heavy (non-hydrogen) atoms. The zero-order chi connectivity index (χ0) is 14.5. The summed E-state index contributed by atoms with van der Waals surface area (Å²) in [5.41, 5.74) is 6.93. The van der Waals surface area contributed by atoms with Crippen molar-refractivity contribution in [2.75, 3.05) is 12.3 Å². The van der Waals surface area contributed by atoms with Crippen molar-refractivity contribution >= 4 is 11.7 Å². The van der Waals surface area contributed by atoms with Gasteiger partial charge < -0.3 is 20.7 Å². The largest absolute Gasteiger partial charge is 0.478 e. The van der Waals surface area contributed by atoms with Crippen LogP contribution in [0.3, 0.4) is 0 Å². The smallest absolute Gasteiger partial charge is 0.339 e. The van der Waals surface area contributed by atoms with E-state index in [1.54, 1.807) is 12.1 Å². The molecular weight excluding hydrogens is 258 g/mol. The topological polar surface area (TPSA) is 92.8 Å². The lowest BCUT2D eigenvalue weighted by Gasteiger charge is -2.12. The van der Waals surface area contributed by atoms with E-state index in [-0.39, 0.29) is 17.9 Å². The van der Waals surface area contributed by atoms with Crippen molar-refractivity contribution in [2.24, 2.45) is 0 Å². The molecule has 0 aliphatic heterocycles. The number of anilines is 1. The Balaban J connectivity index is 2.39. The van der Waals surface area contributed by atoms with Crippen molar-refractivity contribution in [3.8, 4) is 11.5 Å². The first kappa shape index (κ1) is 13.9. The normalized spacial score (nSPS) is 10.2. The maximum Gasteiger partial charge on any atom is 0.339 e. The van der Waals surface area contributed by atoms with Crippen LogP contribution in [0.25, 0.3) is 0 Å². The third-order valence-electron chi connectivity index (χ3n) is 2.81. The molecule has 5 nitrogen and oxygen atoms in total. The van der Waals surface area contributed by atoms with E-state index in [1.807, 2.05) is 12.1 Å². The highest BCUT2D eigenvalue weighted by atomic mass is 16.5. The molecular formula is C15H15NO4.